The summed E-state index contributed by atoms with van der Waals surface area (Å²) >= 11 is 0. The fourth-order valence-electron chi connectivity index (χ4n) is 2.47. The predicted molar refractivity (Wildman–Crippen MR) is 105 cm³/mol. The molecule has 0 aliphatic carbocycles. The summed E-state index contributed by atoms with van der Waals surface area (Å²) < 4.78 is 13.4. The van der Waals surface area contributed by atoms with Gasteiger partial charge in [0.05, 0.1) is 16.7 Å². The molecule has 0 amide bonds. The molecular formula is C19H19FN6O2. The number of nitrogens with zero attached hydrogens (tertiary/aromatic N) is 4. The van der Waals surface area contributed by atoms with Crippen molar-refractivity contribution in [3.05, 3.63) is 64.7 Å². The minimum absolute atomic E-state index is 0.139. The van der Waals surface area contributed by atoms with Crippen LogP contribution < -0.4 is 10.6 Å². The minimum Gasteiger partial charge on any atom is -0.352 e. The summed E-state index contributed by atoms with van der Waals surface area (Å²) in [5.74, 6) is 0.0507. The van der Waals surface area contributed by atoms with Gasteiger partial charge in [0, 0.05) is 30.1 Å². The summed E-state index contributed by atoms with van der Waals surface area (Å²) in [6.07, 6.45) is 4.17. The Morgan fingerprint density at radius 2 is 1.93 bits per heavy atom. The summed E-state index contributed by atoms with van der Waals surface area (Å²) in [6, 6.07) is 8.75. The number of aromatic nitrogens is 3. The van der Waals surface area contributed by atoms with Gasteiger partial charge in [0.15, 0.2) is 0 Å². The zero-order chi connectivity index (χ0) is 20.1. The van der Waals surface area contributed by atoms with Crippen LogP contribution in [0.3, 0.4) is 0 Å². The Labute approximate surface area is 161 Å². The van der Waals surface area contributed by atoms with Gasteiger partial charge in [-0.2, -0.15) is 4.98 Å². The standard InChI is InChI=1S/C19H19FN6O2/c1-3-12(2)22-19-24-16(13-6-8-21-9-7-13)11-18(25-19)23-15-5-4-14(20)10-17(15)26(27)28/h4-12H,3H2,1-2H3,(H2,22,23,24,25)/t12-/m0/s1. The lowest BCUT2D eigenvalue weighted by atomic mass is 10.2. The maximum absolute atomic E-state index is 13.4. The fourth-order valence-corrected chi connectivity index (χ4v) is 2.47. The first-order valence-corrected chi connectivity index (χ1v) is 8.73. The smallest absolute Gasteiger partial charge is 0.295 e. The molecule has 0 bridgehead atoms. The van der Waals surface area contributed by atoms with Crippen LogP contribution in [0.5, 0.6) is 0 Å². The van der Waals surface area contributed by atoms with Gasteiger partial charge in [-0.1, -0.05) is 6.92 Å². The van der Waals surface area contributed by atoms with Gasteiger partial charge in [-0.3, -0.25) is 15.1 Å². The van der Waals surface area contributed by atoms with E-state index in [2.05, 4.69) is 25.6 Å². The van der Waals surface area contributed by atoms with E-state index in [1.807, 2.05) is 13.8 Å². The van der Waals surface area contributed by atoms with Crippen LogP contribution in [-0.4, -0.2) is 25.9 Å². The highest BCUT2D eigenvalue weighted by Gasteiger charge is 2.17. The van der Waals surface area contributed by atoms with Crippen LogP contribution in [0.1, 0.15) is 20.3 Å². The van der Waals surface area contributed by atoms with E-state index in [1.165, 1.54) is 6.07 Å². The van der Waals surface area contributed by atoms with Crippen molar-refractivity contribution in [1.29, 1.82) is 0 Å². The van der Waals surface area contributed by atoms with E-state index in [4.69, 9.17) is 0 Å². The average molecular weight is 382 g/mol. The maximum atomic E-state index is 13.4. The van der Waals surface area contributed by atoms with Crippen molar-refractivity contribution in [3.8, 4) is 11.3 Å². The maximum Gasteiger partial charge on any atom is 0.295 e. The van der Waals surface area contributed by atoms with Crippen molar-refractivity contribution >= 4 is 23.1 Å². The average Bonchev–Trinajstić information content (AvgIpc) is 2.69. The molecule has 0 saturated heterocycles. The minimum atomic E-state index is -0.684. The number of anilines is 3. The molecule has 2 N–H and O–H groups in total. The molecule has 8 nitrogen and oxygen atoms in total. The molecule has 0 radical (unpaired) electrons. The van der Waals surface area contributed by atoms with Crippen LogP contribution in [0.2, 0.25) is 0 Å². The second-order valence-electron chi connectivity index (χ2n) is 6.20. The number of benzene rings is 1. The normalized spacial score (nSPS) is 11.7. The second kappa shape index (κ2) is 8.38. The third-order valence-electron chi connectivity index (χ3n) is 4.11. The Kier molecular flexibility index (Phi) is 5.73. The Morgan fingerprint density at radius 1 is 1.18 bits per heavy atom. The van der Waals surface area contributed by atoms with Crippen molar-refractivity contribution in [2.45, 2.75) is 26.3 Å². The van der Waals surface area contributed by atoms with E-state index in [-0.39, 0.29) is 17.4 Å². The van der Waals surface area contributed by atoms with Crippen molar-refractivity contribution in [3.63, 3.8) is 0 Å². The largest absolute Gasteiger partial charge is 0.352 e. The highest BCUT2D eigenvalue weighted by molar-refractivity contribution is 5.71. The van der Waals surface area contributed by atoms with E-state index >= 15 is 0 Å². The van der Waals surface area contributed by atoms with Gasteiger partial charge in [0.1, 0.15) is 17.3 Å². The van der Waals surface area contributed by atoms with Crippen LogP contribution >= 0.6 is 0 Å². The Morgan fingerprint density at radius 3 is 2.61 bits per heavy atom. The first-order valence-electron chi connectivity index (χ1n) is 8.73. The first-order chi connectivity index (χ1) is 13.5. The molecule has 0 aliphatic rings. The molecule has 2 aromatic heterocycles. The molecule has 144 valence electrons. The Hall–Kier alpha value is -3.62. The quantitative estimate of drug-likeness (QED) is 0.456. The Balaban J connectivity index is 2.03. The van der Waals surface area contributed by atoms with Crippen LogP contribution in [0.15, 0.2) is 48.8 Å². The lowest BCUT2D eigenvalue weighted by Crippen LogP contribution is -2.16. The van der Waals surface area contributed by atoms with Gasteiger partial charge in [-0.25, -0.2) is 9.37 Å². The van der Waals surface area contributed by atoms with Crippen molar-refractivity contribution in [2.75, 3.05) is 10.6 Å². The van der Waals surface area contributed by atoms with E-state index in [0.29, 0.717) is 17.5 Å². The molecule has 0 saturated carbocycles. The van der Waals surface area contributed by atoms with Crippen LogP contribution in [0, 0.1) is 15.9 Å². The fraction of sp³-hybridized carbons (Fsp3) is 0.211. The summed E-state index contributed by atoms with van der Waals surface area (Å²) in [7, 11) is 0. The monoisotopic (exact) mass is 382 g/mol. The molecule has 0 unspecified atom stereocenters. The number of nitro benzene ring substituents is 1. The molecule has 9 heteroatoms. The van der Waals surface area contributed by atoms with Crippen LogP contribution in [0.4, 0.5) is 27.5 Å². The zero-order valence-corrected chi connectivity index (χ0v) is 15.4. The van der Waals surface area contributed by atoms with E-state index < -0.39 is 10.7 Å². The summed E-state index contributed by atoms with van der Waals surface area (Å²) in [6.45, 7) is 4.03. The van der Waals surface area contributed by atoms with Gasteiger partial charge in [0.2, 0.25) is 5.95 Å². The van der Waals surface area contributed by atoms with E-state index in [1.54, 1.807) is 30.6 Å². The van der Waals surface area contributed by atoms with Crippen molar-refractivity contribution in [1.82, 2.24) is 15.0 Å². The molecule has 28 heavy (non-hydrogen) atoms. The number of halogens is 1. The van der Waals surface area contributed by atoms with Gasteiger partial charge < -0.3 is 10.6 Å². The second-order valence-corrected chi connectivity index (χ2v) is 6.20. The molecule has 3 rings (SSSR count). The summed E-state index contributed by atoms with van der Waals surface area (Å²) in [5.41, 5.74) is 1.21. The molecule has 3 aromatic rings. The lowest BCUT2D eigenvalue weighted by Gasteiger charge is -2.14. The topological polar surface area (TPSA) is 106 Å². The van der Waals surface area contributed by atoms with Crippen LogP contribution in [0.25, 0.3) is 11.3 Å². The lowest BCUT2D eigenvalue weighted by molar-refractivity contribution is -0.384. The number of nitrogens with one attached hydrogen (secondary N) is 2. The number of nitro groups is 1. The zero-order valence-electron chi connectivity index (χ0n) is 15.4. The molecule has 0 fully saturated rings. The highest BCUT2D eigenvalue weighted by atomic mass is 19.1. The van der Waals surface area contributed by atoms with Gasteiger partial charge >= 0.3 is 0 Å². The highest BCUT2D eigenvalue weighted by Crippen LogP contribution is 2.29. The molecule has 1 atom stereocenters. The van der Waals surface area contributed by atoms with Gasteiger partial charge in [0.25, 0.3) is 5.69 Å². The molecular weight excluding hydrogens is 363 g/mol. The number of rotatable bonds is 7. The van der Waals surface area contributed by atoms with Crippen molar-refractivity contribution < 1.29 is 9.31 Å². The van der Waals surface area contributed by atoms with Crippen molar-refractivity contribution in [2.24, 2.45) is 0 Å². The SMILES string of the molecule is CC[C@H](C)Nc1nc(Nc2ccc(F)cc2[N+](=O)[O-])cc(-c2ccncc2)n1. The van der Waals surface area contributed by atoms with E-state index in [9.17, 15) is 14.5 Å². The van der Waals surface area contributed by atoms with Crippen LogP contribution in [-0.2, 0) is 0 Å². The summed E-state index contributed by atoms with van der Waals surface area (Å²) in [4.78, 5) is 23.5. The third kappa shape index (κ3) is 4.56. The molecule has 2 heterocycles. The van der Waals surface area contributed by atoms with Gasteiger partial charge in [-0.15, -0.1) is 0 Å². The molecule has 0 spiro atoms. The number of pyridine rings is 1. The van der Waals surface area contributed by atoms with Gasteiger partial charge in [-0.05, 0) is 37.6 Å². The summed E-state index contributed by atoms with van der Waals surface area (Å²) in [5, 5.41) is 17.4. The Bertz CT molecular complexity index is 983. The predicted octanol–water partition coefficient (Wildman–Crippen LogP) is 4.54. The molecule has 1 aromatic carbocycles. The first kappa shape index (κ1) is 19.2. The number of hydrogen-bond donors (Lipinski definition) is 2. The molecule has 0 aliphatic heterocycles. The number of hydrogen-bond acceptors (Lipinski definition) is 7. The van der Waals surface area contributed by atoms with E-state index in [0.717, 1.165) is 24.1 Å². The third-order valence-corrected chi connectivity index (χ3v) is 4.11.